The van der Waals surface area contributed by atoms with E-state index in [1.165, 1.54) is 6.07 Å². The van der Waals surface area contributed by atoms with E-state index in [1.54, 1.807) is 23.0 Å². The third-order valence-corrected chi connectivity index (χ3v) is 4.57. The summed E-state index contributed by atoms with van der Waals surface area (Å²) in [5, 5.41) is 4.18. The quantitative estimate of drug-likeness (QED) is 0.904. The lowest BCUT2D eigenvalue weighted by Crippen LogP contribution is -2.29. The molecule has 0 saturated carbocycles. The number of aryl methyl sites for hydroxylation is 1. The number of aromatic nitrogens is 2. The molecule has 6 heteroatoms. The van der Waals surface area contributed by atoms with Gasteiger partial charge in [-0.3, -0.25) is 9.48 Å². The van der Waals surface area contributed by atoms with Gasteiger partial charge in [-0.05, 0) is 23.6 Å². The number of hydrogen-bond donors (Lipinski definition) is 1. The van der Waals surface area contributed by atoms with Gasteiger partial charge in [-0.15, -0.1) is 0 Å². The Bertz CT molecular complexity index is 699. The summed E-state index contributed by atoms with van der Waals surface area (Å²) < 4.78 is 15.4. The summed E-state index contributed by atoms with van der Waals surface area (Å²) in [5.41, 5.74) is 7.31. The molecule has 1 amide bonds. The van der Waals surface area contributed by atoms with E-state index in [2.05, 4.69) is 10.00 Å². The lowest BCUT2D eigenvalue weighted by Gasteiger charge is -2.15. The molecule has 1 aromatic carbocycles. The van der Waals surface area contributed by atoms with Crippen molar-refractivity contribution >= 4 is 5.91 Å². The van der Waals surface area contributed by atoms with Gasteiger partial charge in [-0.1, -0.05) is 18.2 Å². The molecule has 0 radical (unpaired) electrons. The van der Waals surface area contributed by atoms with Crippen LogP contribution < -0.4 is 5.73 Å². The summed E-state index contributed by atoms with van der Waals surface area (Å²) in [7, 11) is 1.85. The zero-order valence-electron chi connectivity index (χ0n) is 13.2. The molecule has 0 unspecified atom stereocenters. The molecule has 3 rings (SSSR count). The topological polar surface area (TPSA) is 64.2 Å². The zero-order chi connectivity index (χ0) is 16.4. The summed E-state index contributed by atoms with van der Waals surface area (Å²) in [6, 6.07) is 6.81. The fourth-order valence-corrected chi connectivity index (χ4v) is 3.31. The molecule has 1 fully saturated rings. The Labute approximate surface area is 134 Å². The maximum Gasteiger partial charge on any atom is 0.222 e. The lowest BCUT2D eigenvalue weighted by molar-refractivity contribution is -0.121. The van der Waals surface area contributed by atoms with Crippen molar-refractivity contribution < 1.29 is 9.18 Å². The van der Waals surface area contributed by atoms with Crippen molar-refractivity contribution in [3.05, 3.63) is 53.6 Å². The smallest absolute Gasteiger partial charge is 0.222 e. The van der Waals surface area contributed by atoms with Crippen molar-refractivity contribution in [3.63, 3.8) is 0 Å². The minimum atomic E-state index is -0.285. The van der Waals surface area contributed by atoms with Gasteiger partial charge < -0.3 is 10.6 Å². The Hall–Kier alpha value is -2.21. The summed E-state index contributed by atoms with van der Waals surface area (Å²) in [6.45, 7) is 2.07. The van der Waals surface area contributed by atoms with Crippen molar-refractivity contribution in [1.82, 2.24) is 14.7 Å². The minimum absolute atomic E-state index is 0.0572. The monoisotopic (exact) mass is 316 g/mol. The fourth-order valence-electron chi connectivity index (χ4n) is 3.31. The summed E-state index contributed by atoms with van der Waals surface area (Å²) in [6.07, 6.45) is 4.35. The van der Waals surface area contributed by atoms with Gasteiger partial charge in [0.25, 0.3) is 0 Å². The second-order valence-corrected chi connectivity index (χ2v) is 6.16. The highest BCUT2D eigenvalue weighted by Gasteiger charge is 2.37. The predicted molar refractivity (Wildman–Crippen MR) is 85.2 cm³/mol. The van der Waals surface area contributed by atoms with Crippen LogP contribution in [0, 0.1) is 11.7 Å². The standard InChI is InChI=1S/C17H21FN4O/c1-21-9-13(8-20-21)14-10-22(11-15(14)17(19)23)7-6-12-4-2-3-5-16(12)18/h2-5,8-9,14-15H,6-7,10-11H2,1H3,(H2,19,23)/t14-,15+/m1/s1. The van der Waals surface area contributed by atoms with Crippen LogP contribution in [-0.4, -0.2) is 40.2 Å². The molecular weight excluding hydrogens is 295 g/mol. The SMILES string of the molecule is Cn1cc([C@H]2CN(CCc3ccccc3F)C[C@@H]2C(N)=O)cn1. The van der Waals surface area contributed by atoms with E-state index in [4.69, 9.17) is 5.73 Å². The number of likely N-dealkylation sites (tertiary alicyclic amines) is 1. The van der Waals surface area contributed by atoms with Crippen molar-refractivity contribution in [1.29, 1.82) is 0 Å². The highest BCUT2D eigenvalue weighted by Crippen LogP contribution is 2.32. The first kappa shape index (κ1) is 15.7. The second kappa shape index (κ2) is 6.50. The Morgan fingerprint density at radius 3 is 2.83 bits per heavy atom. The number of amides is 1. The number of nitrogens with zero attached hydrogens (tertiary/aromatic N) is 3. The van der Waals surface area contributed by atoms with Gasteiger partial charge in [0, 0.05) is 38.8 Å². The number of rotatable bonds is 5. The Morgan fingerprint density at radius 2 is 2.17 bits per heavy atom. The van der Waals surface area contributed by atoms with E-state index in [9.17, 15) is 9.18 Å². The average Bonchev–Trinajstić information content (AvgIpc) is 3.12. The number of hydrogen-bond acceptors (Lipinski definition) is 3. The Kier molecular flexibility index (Phi) is 4.43. The first-order chi connectivity index (χ1) is 11.0. The van der Waals surface area contributed by atoms with Crippen LogP contribution in [-0.2, 0) is 18.3 Å². The number of benzene rings is 1. The third-order valence-electron chi connectivity index (χ3n) is 4.57. The maximum absolute atomic E-state index is 13.7. The minimum Gasteiger partial charge on any atom is -0.369 e. The van der Waals surface area contributed by atoms with E-state index < -0.39 is 0 Å². The van der Waals surface area contributed by atoms with E-state index in [-0.39, 0.29) is 23.6 Å². The predicted octanol–water partition coefficient (Wildman–Crippen LogP) is 1.30. The van der Waals surface area contributed by atoms with E-state index in [0.29, 0.717) is 25.1 Å². The fraction of sp³-hybridized carbons (Fsp3) is 0.412. The first-order valence-corrected chi connectivity index (χ1v) is 7.78. The van der Waals surface area contributed by atoms with Crippen molar-refractivity contribution in [2.24, 2.45) is 18.7 Å². The van der Waals surface area contributed by atoms with Crippen molar-refractivity contribution in [3.8, 4) is 0 Å². The molecule has 122 valence electrons. The number of carbonyl (C=O) groups excluding carboxylic acids is 1. The molecule has 2 aromatic rings. The van der Waals surface area contributed by atoms with Crippen LogP contribution in [0.2, 0.25) is 0 Å². The van der Waals surface area contributed by atoms with Crippen LogP contribution in [0.4, 0.5) is 4.39 Å². The third kappa shape index (κ3) is 3.42. The van der Waals surface area contributed by atoms with Crippen LogP contribution >= 0.6 is 0 Å². The molecule has 1 aliphatic rings. The van der Waals surface area contributed by atoms with E-state index in [1.807, 2.05) is 19.3 Å². The van der Waals surface area contributed by atoms with Gasteiger partial charge in [0.05, 0.1) is 12.1 Å². The maximum atomic E-state index is 13.7. The van der Waals surface area contributed by atoms with Gasteiger partial charge in [0.1, 0.15) is 5.82 Å². The molecule has 5 nitrogen and oxygen atoms in total. The number of primary amides is 1. The van der Waals surface area contributed by atoms with E-state index >= 15 is 0 Å². The zero-order valence-corrected chi connectivity index (χ0v) is 13.2. The van der Waals surface area contributed by atoms with Gasteiger partial charge in [0.15, 0.2) is 0 Å². The first-order valence-electron chi connectivity index (χ1n) is 7.78. The molecule has 0 bridgehead atoms. The molecular formula is C17H21FN4O. The van der Waals surface area contributed by atoms with Gasteiger partial charge in [0.2, 0.25) is 5.91 Å². The molecule has 1 aliphatic heterocycles. The molecule has 0 spiro atoms. The molecule has 1 aromatic heterocycles. The summed E-state index contributed by atoms with van der Waals surface area (Å²) in [5.74, 6) is -0.629. The Balaban J connectivity index is 1.68. The summed E-state index contributed by atoms with van der Waals surface area (Å²) in [4.78, 5) is 14.0. The number of nitrogens with two attached hydrogens (primary N) is 1. The van der Waals surface area contributed by atoms with Crippen molar-refractivity contribution in [2.75, 3.05) is 19.6 Å². The summed E-state index contributed by atoms with van der Waals surface area (Å²) >= 11 is 0. The van der Waals surface area contributed by atoms with Gasteiger partial charge >= 0.3 is 0 Å². The molecule has 2 heterocycles. The van der Waals surface area contributed by atoms with Crippen LogP contribution in [0.25, 0.3) is 0 Å². The van der Waals surface area contributed by atoms with Crippen molar-refractivity contribution in [2.45, 2.75) is 12.3 Å². The second-order valence-electron chi connectivity index (χ2n) is 6.16. The highest BCUT2D eigenvalue weighted by atomic mass is 19.1. The van der Waals surface area contributed by atoms with Crippen LogP contribution in [0.3, 0.4) is 0 Å². The van der Waals surface area contributed by atoms with Crippen LogP contribution in [0.15, 0.2) is 36.7 Å². The largest absolute Gasteiger partial charge is 0.369 e. The normalized spacial score (nSPS) is 21.7. The molecule has 2 atom stereocenters. The highest BCUT2D eigenvalue weighted by molar-refractivity contribution is 5.78. The number of carbonyl (C=O) groups is 1. The molecule has 0 aliphatic carbocycles. The van der Waals surface area contributed by atoms with Gasteiger partial charge in [-0.2, -0.15) is 5.10 Å². The van der Waals surface area contributed by atoms with Crippen LogP contribution in [0.5, 0.6) is 0 Å². The molecule has 2 N–H and O–H groups in total. The Morgan fingerprint density at radius 1 is 1.39 bits per heavy atom. The van der Waals surface area contributed by atoms with E-state index in [0.717, 1.165) is 12.1 Å². The van der Waals surface area contributed by atoms with Crippen LogP contribution in [0.1, 0.15) is 17.0 Å². The number of halogens is 1. The molecule has 1 saturated heterocycles. The lowest BCUT2D eigenvalue weighted by atomic mass is 9.90. The average molecular weight is 316 g/mol. The molecule has 23 heavy (non-hydrogen) atoms. The van der Waals surface area contributed by atoms with Gasteiger partial charge in [-0.25, -0.2) is 4.39 Å².